The summed E-state index contributed by atoms with van der Waals surface area (Å²) in [7, 11) is 3.27. The number of para-hydroxylation sites is 1. The van der Waals surface area contributed by atoms with Crippen molar-refractivity contribution in [2.75, 3.05) is 47.0 Å². The predicted molar refractivity (Wildman–Crippen MR) is 160 cm³/mol. The molecule has 2 bridgehead atoms. The van der Waals surface area contributed by atoms with Gasteiger partial charge in [-0.25, -0.2) is 4.68 Å². The number of nitrogens with zero attached hydrogens (tertiary/aromatic N) is 5. The van der Waals surface area contributed by atoms with Gasteiger partial charge in [0.1, 0.15) is 23.2 Å². The lowest BCUT2D eigenvalue weighted by Crippen LogP contribution is -2.61. The van der Waals surface area contributed by atoms with Crippen molar-refractivity contribution in [3.05, 3.63) is 71.5 Å². The Morgan fingerprint density at radius 3 is 2.80 bits per heavy atom. The number of carbonyl (C=O) groups is 2. The maximum absolute atomic E-state index is 14.0. The lowest BCUT2D eigenvalue weighted by molar-refractivity contribution is -0.130. The standard InChI is InChI=1S/C32H40N6O6/c1-41-21-23-19-38(35-34-23)27-11-10-24-12-15-43-29-9-4-3-8-26(29)32(40)37-14-13-36(18-22-6-5-7-25(16-22)42-2)20-28(37)31(39)33-17-30(27)44-24/h3-9,16,19,24,27-28,30H,10-15,17-18,20-21H2,1-2H3,(H,33,39)/t24-,27+,28-,30+/m0/s1. The fraction of sp³-hybridized carbons (Fsp3) is 0.500. The lowest BCUT2D eigenvalue weighted by atomic mass is 9.96. The van der Waals surface area contributed by atoms with Gasteiger partial charge in [0.2, 0.25) is 5.91 Å². The van der Waals surface area contributed by atoms with Crippen LogP contribution in [0.2, 0.25) is 0 Å². The average Bonchev–Trinajstić information content (AvgIpc) is 3.52. The van der Waals surface area contributed by atoms with E-state index in [0.717, 1.165) is 29.8 Å². The van der Waals surface area contributed by atoms with Crippen molar-refractivity contribution >= 4 is 11.8 Å². The highest BCUT2D eigenvalue weighted by Gasteiger charge is 2.39. The molecule has 2 amide bonds. The number of aromatic nitrogens is 3. The first-order valence-electron chi connectivity index (χ1n) is 15.2. The van der Waals surface area contributed by atoms with Gasteiger partial charge < -0.3 is 29.2 Å². The molecule has 3 aromatic rings. The number of amides is 2. The summed E-state index contributed by atoms with van der Waals surface area (Å²) in [5, 5.41) is 11.7. The molecule has 234 valence electrons. The van der Waals surface area contributed by atoms with Crippen LogP contribution in [0.25, 0.3) is 0 Å². The third-order valence-corrected chi connectivity index (χ3v) is 8.63. The van der Waals surface area contributed by atoms with Gasteiger partial charge in [-0.2, -0.15) is 0 Å². The number of hydrogen-bond acceptors (Lipinski definition) is 9. The van der Waals surface area contributed by atoms with Gasteiger partial charge in [-0.05, 0) is 42.7 Å². The van der Waals surface area contributed by atoms with E-state index in [9.17, 15) is 9.59 Å². The predicted octanol–water partition coefficient (Wildman–Crippen LogP) is 2.45. The molecule has 0 aliphatic carbocycles. The molecule has 3 aliphatic heterocycles. The summed E-state index contributed by atoms with van der Waals surface area (Å²) in [4.78, 5) is 31.9. The zero-order valence-corrected chi connectivity index (χ0v) is 25.3. The molecule has 44 heavy (non-hydrogen) atoms. The monoisotopic (exact) mass is 604 g/mol. The van der Waals surface area contributed by atoms with E-state index in [1.165, 1.54) is 0 Å². The van der Waals surface area contributed by atoms with Crippen molar-refractivity contribution < 1.29 is 28.5 Å². The molecule has 4 atom stereocenters. The van der Waals surface area contributed by atoms with Crippen molar-refractivity contribution in [1.29, 1.82) is 0 Å². The van der Waals surface area contributed by atoms with Crippen LogP contribution in [0.1, 0.15) is 46.9 Å². The van der Waals surface area contributed by atoms with Gasteiger partial charge in [0.05, 0.1) is 50.3 Å². The molecule has 1 N–H and O–H groups in total. The Balaban J connectivity index is 1.26. The van der Waals surface area contributed by atoms with Crippen LogP contribution in [-0.2, 0) is 27.4 Å². The number of piperazine rings is 1. The first kappa shape index (κ1) is 30.0. The molecular weight excluding hydrogens is 564 g/mol. The van der Waals surface area contributed by atoms with E-state index in [2.05, 4.69) is 20.5 Å². The Morgan fingerprint density at radius 2 is 1.93 bits per heavy atom. The van der Waals surface area contributed by atoms with E-state index in [1.54, 1.807) is 25.2 Å². The average molecular weight is 605 g/mol. The van der Waals surface area contributed by atoms with Crippen LogP contribution in [-0.4, -0.2) is 102 Å². The molecule has 6 rings (SSSR count). The molecule has 2 saturated heterocycles. The summed E-state index contributed by atoms with van der Waals surface area (Å²) in [6.07, 6.45) is 3.80. The number of benzene rings is 2. The van der Waals surface area contributed by atoms with E-state index in [0.29, 0.717) is 57.1 Å². The maximum atomic E-state index is 14.0. The van der Waals surface area contributed by atoms with E-state index < -0.39 is 6.04 Å². The third kappa shape index (κ3) is 6.72. The van der Waals surface area contributed by atoms with Gasteiger partial charge in [0.25, 0.3) is 5.91 Å². The van der Waals surface area contributed by atoms with Crippen molar-refractivity contribution in [3.8, 4) is 11.5 Å². The molecule has 3 aliphatic rings. The van der Waals surface area contributed by atoms with Crippen LogP contribution >= 0.6 is 0 Å². The van der Waals surface area contributed by atoms with Gasteiger partial charge in [-0.3, -0.25) is 14.5 Å². The smallest absolute Gasteiger partial charge is 0.258 e. The molecule has 1 aromatic heterocycles. The van der Waals surface area contributed by atoms with E-state index in [1.807, 2.05) is 53.3 Å². The van der Waals surface area contributed by atoms with Crippen LogP contribution in [0.15, 0.2) is 54.7 Å². The topological polar surface area (TPSA) is 120 Å². The fourth-order valence-corrected chi connectivity index (χ4v) is 6.36. The highest BCUT2D eigenvalue weighted by Crippen LogP contribution is 2.31. The molecule has 12 heteroatoms. The summed E-state index contributed by atoms with van der Waals surface area (Å²) in [6, 6.07) is 14.4. The summed E-state index contributed by atoms with van der Waals surface area (Å²) in [6.45, 7) is 3.12. The Hall–Kier alpha value is -4.00. The highest BCUT2D eigenvalue weighted by atomic mass is 16.5. The lowest BCUT2D eigenvalue weighted by Gasteiger charge is -2.41. The third-order valence-electron chi connectivity index (χ3n) is 8.63. The van der Waals surface area contributed by atoms with Gasteiger partial charge in [-0.1, -0.05) is 29.5 Å². The first-order chi connectivity index (χ1) is 21.5. The minimum Gasteiger partial charge on any atom is -0.497 e. The second-order valence-electron chi connectivity index (χ2n) is 11.5. The normalized spacial score (nSPS) is 24.8. The number of carbonyl (C=O) groups excluding carboxylic acids is 2. The Labute approximate surface area is 257 Å². The minimum atomic E-state index is -0.699. The van der Waals surface area contributed by atoms with Crippen LogP contribution in [0.5, 0.6) is 11.5 Å². The summed E-state index contributed by atoms with van der Waals surface area (Å²) < 4.78 is 25.2. The summed E-state index contributed by atoms with van der Waals surface area (Å²) >= 11 is 0. The SMILES string of the molecule is COCc1cn([C@@H]2CC[C@H]3CCOc4ccccc4C(=O)N4CCN(Cc5cccc(OC)c5)C[C@H]4C(=O)NC[C@H]2O3)nn1. The van der Waals surface area contributed by atoms with Gasteiger partial charge in [0.15, 0.2) is 0 Å². The largest absolute Gasteiger partial charge is 0.497 e. The van der Waals surface area contributed by atoms with Crippen LogP contribution in [0.4, 0.5) is 0 Å². The minimum absolute atomic E-state index is 0.0505. The van der Waals surface area contributed by atoms with Crippen LogP contribution in [0, 0.1) is 0 Å². The molecule has 4 heterocycles. The molecule has 12 nitrogen and oxygen atoms in total. The van der Waals surface area contributed by atoms with Crippen LogP contribution in [0.3, 0.4) is 0 Å². The van der Waals surface area contributed by atoms with E-state index in [-0.39, 0.29) is 36.6 Å². The number of rotatable bonds is 6. The van der Waals surface area contributed by atoms with Gasteiger partial charge in [0, 0.05) is 46.3 Å². The summed E-state index contributed by atoms with van der Waals surface area (Å²) in [5.41, 5.74) is 2.28. The quantitative estimate of drug-likeness (QED) is 0.453. The zero-order chi connectivity index (χ0) is 30.5. The van der Waals surface area contributed by atoms with Crippen molar-refractivity contribution in [3.63, 3.8) is 0 Å². The molecule has 0 spiro atoms. The molecule has 2 aromatic carbocycles. The zero-order valence-electron chi connectivity index (χ0n) is 25.3. The molecule has 0 radical (unpaired) electrons. The van der Waals surface area contributed by atoms with Crippen LogP contribution < -0.4 is 14.8 Å². The Morgan fingerprint density at radius 1 is 1.05 bits per heavy atom. The molecule has 0 saturated carbocycles. The van der Waals surface area contributed by atoms with Crippen molar-refractivity contribution in [2.24, 2.45) is 0 Å². The number of ether oxygens (including phenoxy) is 4. The Bertz CT molecular complexity index is 1450. The van der Waals surface area contributed by atoms with Crippen molar-refractivity contribution in [2.45, 2.75) is 56.7 Å². The van der Waals surface area contributed by atoms with Crippen molar-refractivity contribution in [1.82, 2.24) is 30.1 Å². The maximum Gasteiger partial charge on any atom is 0.258 e. The molecular formula is C32H40N6O6. The van der Waals surface area contributed by atoms with Gasteiger partial charge in [-0.15, -0.1) is 5.10 Å². The summed E-state index contributed by atoms with van der Waals surface area (Å²) in [5.74, 6) is 0.880. The number of nitrogens with one attached hydrogen (secondary N) is 1. The Kier molecular flexibility index (Phi) is 9.39. The highest BCUT2D eigenvalue weighted by molar-refractivity contribution is 6.00. The number of hydrogen-bond donors (Lipinski definition) is 1. The number of methoxy groups -OCH3 is 2. The fourth-order valence-electron chi connectivity index (χ4n) is 6.36. The second-order valence-corrected chi connectivity index (χ2v) is 11.5. The van der Waals surface area contributed by atoms with E-state index in [4.69, 9.17) is 18.9 Å². The molecule has 2 fully saturated rings. The van der Waals surface area contributed by atoms with E-state index >= 15 is 0 Å². The van der Waals surface area contributed by atoms with Gasteiger partial charge >= 0.3 is 0 Å². The number of fused-ring (bicyclic) bond motifs is 4. The molecule has 0 unspecified atom stereocenters. The first-order valence-corrected chi connectivity index (χ1v) is 15.2. The second kappa shape index (κ2) is 13.7.